The summed E-state index contributed by atoms with van der Waals surface area (Å²) in [6, 6.07) is 9.14. The highest BCUT2D eigenvalue weighted by atomic mass is 16.7. The van der Waals surface area contributed by atoms with Gasteiger partial charge in [0.05, 0.1) is 6.61 Å². The van der Waals surface area contributed by atoms with E-state index in [9.17, 15) is 9.59 Å². The fourth-order valence-electron chi connectivity index (χ4n) is 1.89. The van der Waals surface area contributed by atoms with Crippen LogP contribution in [0.15, 0.2) is 36.4 Å². The molecule has 0 aliphatic carbocycles. The highest BCUT2D eigenvalue weighted by Crippen LogP contribution is 2.19. The van der Waals surface area contributed by atoms with E-state index in [2.05, 4.69) is 0 Å². The van der Waals surface area contributed by atoms with Crippen LogP contribution in [0.4, 0.5) is 0 Å². The molecule has 0 saturated carbocycles. The summed E-state index contributed by atoms with van der Waals surface area (Å²) < 4.78 is 10.3. The van der Waals surface area contributed by atoms with Crippen molar-refractivity contribution in [2.45, 2.75) is 13.8 Å². The molecule has 0 aliphatic heterocycles. The summed E-state index contributed by atoms with van der Waals surface area (Å²) in [5, 5.41) is 9.00. The molecule has 1 amide bonds. The average molecular weight is 307 g/mol. The summed E-state index contributed by atoms with van der Waals surface area (Å²) >= 11 is 0. The largest absolute Gasteiger partial charge is 0.474 e. The molecule has 6 nitrogen and oxygen atoms in total. The maximum atomic E-state index is 11.9. The number of benzene rings is 1. The number of rotatable bonds is 8. The Kier molecular flexibility index (Phi) is 7.88. The number of carbonyl (C=O) groups excluding carboxylic acids is 1. The van der Waals surface area contributed by atoms with Gasteiger partial charge in [-0.3, -0.25) is 4.79 Å². The van der Waals surface area contributed by atoms with Crippen LogP contribution in [-0.2, 0) is 19.1 Å². The van der Waals surface area contributed by atoms with Gasteiger partial charge in [-0.1, -0.05) is 36.4 Å². The number of amides is 1. The number of hydrogen-bond donors (Lipinski definition) is 1. The van der Waals surface area contributed by atoms with Crippen LogP contribution in [0.5, 0.6) is 0 Å². The molecular weight excluding hydrogens is 286 g/mol. The van der Waals surface area contributed by atoms with Crippen LogP contribution in [0.3, 0.4) is 0 Å². The minimum absolute atomic E-state index is 0.113. The Morgan fingerprint density at radius 1 is 1.23 bits per heavy atom. The zero-order chi connectivity index (χ0) is 16.4. The molecule has 0 saturated heterocycles. The van der Waals surface area contributed by atoms with E-state index >= 15 is 0 Å². The molecule has 22 heavy (non-hydrogen) atoms. The van der Waals surface area contributed by atoms with Crippen LogP contribution in [0, 0.1) is 0 Å². The predicted octanol–water partition coefficient (Wildman–Crippen LogP) is 1.97. The van der Waals surface area contributed by atoms with Crippen molar-refractivity contribution in [2.75, 3.05) is 26.6 Å². The summed E-state index contributed by atoms with van der Waals surface area (Å²) in [6.07, 6.45) is 1.71. The standard InChI is InChI=1S/C16H21NO5/c1-3-14(13-8-6-5-7-9-13)17(15(18)16(19)20)10-11-22-12-21-4-2/h3,5-9H,4,10-12H2,1-2H3,(H,19,20). The smallest absolute Gasteiger partial charge is 0.394 e. The first kappa shape index (κ1) is 17.9. The van der Waals surface area contributed by atoms with Gasteiger partial charge < -0.3 is 19.5 Å². The lowest BCUT2D eigenvalue weighted by atomic mass is 10.1. The first-order valence-corrected chi connectivity index (χ1v) is 7.03. The molecule has 0 spiro atoms. The number of allylic oxidation sites excluding steroid dienone is 1. The molecule has 120 valence electrons. The van der Waals surface area contributed by atoms with Crippen LogP contribution >= 0.6 is 0 Å². The summed E-state index contributed by atoms with van der Waals surface area (Å²) in [4.78, 5) is 24.2. The second-order valence-corrected chi connectivity index (χ2v) is 4.32. The van der Waals surface area contributed by atoms with Gasteiger partial charge in [-0.2, -0.15) is 0 Å². The number of carboxylic acids is 1. The first-order chi connectivity index (χ1) is 10.6. The summed E-state index contributed by atoms with van der Waals surface area (Å²) in [5.74, 6) is -2.49. The Hall–Kier alpha value is -2.18. The van der Waals surface area contributed by atoms with Crippen molar-refractivity contribution in [3.05, 3.63) is 42.0 Å². The maximum Gasteiger partial charge on any atom is 0.394 e. The van der Waals surface area contributed by atoms with Gasteiger partial charge in [-0.15, -0.1) is 0 Å². The Morgan fingerprint density at radius 2 is 1.91 bits per heavy atom. The van der Waals surface area contributed by atoms with Gasteiger partial charge >= 0.3 is 11.9 Å². The molecule has 0 bridgehead atoms. The van der Waals surface area contributed by atoms with E-state index in [1.54, 1.807) is 13.0 Å². The van der Waals surface area contributed by atoms with E-state index in [1.807, 2.05) is 37.3 Å². The second kappa shape index (κ2) is 9.70. The zero-order valence-corrected chi connectivity index (χ0v) is 12.8. The van der Waals surface area contributed by atoms with E-state index in [4.69, 9.17) is 14.6 Å². The number of hydrogen-bond acceptors (Lipinski definition) is 4. The number of ether oxygens (including phenoxy) is 2. The third-order valence-electron chi connectivity index (χ3n) is 2.89. The highest BCUT2D eigenvalue weighted by molar-refractivity contribution is 6.33. The Balaban J connectivity index is 2.84. The summed E-state index contributed by atoms with van der Waals surface area (Å²) in [7, 11) is 0. The molecule has 1 N–H and O–H groups in total. The van der Waals surface area contributed by atoms with Crippen LogP contribution in [0.1, 0.15) is 19.4 Å². The van der Waals surface area contributed by atoms with Crippen molar-refractivity contribution in [3.63, 3.8) is 0 Å². The van der Waals surface area contributed by atoms with Crippen LogP contribution < -0.4 is 0 Å². The average Bonchev–Trinajstić information content (AvgIpc) is 2.54. The van der Waals surface area contributed by atoms with Crippen LogP contribution in [-0.4, -0.2) is 48.4 Å². The zero-order valence-electron chi connectivity index (χ0n) is 12.8. The normalized spacial score (nSPS) is 11.3. The lowest BCUT2D eigenvalue weighted by Crippen LogP contribution is -2.37. The van der Waals surface area contributed by atoms with Gasteiger partial charge in [0.25, 0.3) is 0 Å². The molecule has 6 heteroatoms. The predicted molar refractivity (Wildman–Crippen MR) is 81.9 cm³/mol. The quantitative estimate of drug-likeness (QED) is 0.451. The third-order valence-corrected chi connectivity index (χ3v) is 2.89. The monoisotopic (exact) mass is 307 g/mol. The van der Waals surface area contributed by atoms with Gasteiger partial charge in [-0.05, 0) is 19.4 Å². The van der Waals surface area contributed by atoms with Crippen molar-refractivity contribution >= 4 is 17.6 Å². The Labute approximate surface area is 129 Å². The summed E-state index contributed by atoms with van der Waals surface area (Å²) in [6.45, 7) is 4.56. The summed E-state index contributed by atoms with van der Waals surface area (Å²) in [5.41, 5.74) is 1.30. The van der Waals surface area contributed by atoms with Gasteiger partial charge in [0.1, 0.15) is 6.79 Å². The van der Waals surface area contributed by atoms with Crippen molar-refractivity contribution in [2.24, 2.45) is 0 Å². The van der Waals surface area contributed by atoms with E-state index in [-0.39, 0.29) is 19.9 Å². The first-order valence-electron chi connectivity index (χ1n) is 7.03. The fraction of sp³-hybridized carbons (Fsp3) is 0.375. The van der Waals surface area contributed by atoms with Crippen LogP contribution in [0.25, 0.3) is 5.70 Å². The topological polar surface area (TPSA) is 76.1 Å². The SMILES string of the molecule is CC=C(c1ccccc1)N(CCOCOCC)C(=O)C(=O)O. The van der Waals surface area contributed by atoms with E-state index in [0.29, 0.717) is 12.3 Å². The lowest BCUT2D eigenvalue weighted by molar-refractivity contribution is -0.154. The highest BCUT2D eigenvalue weighted by Gasteiger charge is 2.24. The fourth-order valence-corrected chi connectivity index (χ4v) is 1.89. The molecule has 0 radical (unpaired) electrons. The van der Waals surface area contributed by atoms with Crippen LogP contribution in [0.2, 0.25) is 0 Å². The van der Waals surface area contributed by atoms with E-state index < -0.39 is 11.9 Å². The maximum absolute atomic E-state index is 11.9. The second-order valence-electron chi connectivity index (χ2n) is 4.32. The Bertz CT molecular complexity index is 513. The lowest BCUT2D eigenvalue weighted by Gasteiger charge is -2.24. The molecule has 0 atom stereocenters. The van der Waals surface area contributed by atoms with Crippen molar-refractivity contribution in [1.82, 2.24) is 4.90 Å². The minimum atomic E-state index is -1.50. The van der Waals surface area contributed by atoms with Crippen molar-refractivity contribution < 1.29 is 24.2 Å². The number of carbonyl (C=O) groups is 2. The Morgan fingerprint density at radius 3 is 2.45 bits per heavy atom. The number of aliphatic carboxylic acids is 1. The van der Waals surface area contributed by atoms with E-state index in [1.165, 1.54) is 4.90 Å². The molecule has 1 rings (SSSR count). The van der Waals surface area contributed by atoms with Crippen molar-refractivity contribution in [3.8, 4) is 0 Å². The molecule has 0 heterocycles. The van der Waals surface area contributed by atoms with Gasteiger partial charge in [0.15, 0.2) is 0 Å². The van der Waals surface area contributed by atoms with Gasteiger partial charge in [0.2, 0.25) is 0 Å². The van der Waals surface area contributed by atoms with E-state index in [0.717, 1.165) is 5.56 Å². The molecule has 0 aromatic heterocycles. The number of carboxylic acid groups (broad SMARTS) is 1. The molecule has 0 unspecified atom stereocenters. The molecule has 0 aliphatic rings. The molecule has 1 aromatic rings. The molecule has 0 fully saturated rings. The molecular formula is C16H21NO5. The van der Waals surface area contributed by atoms with Gasteiger partial charge in [0, 0.05) is 18.8 Å². The molecule has 1 aromatic carbocycles. The third kappa shape index (κ3) is 5.31. The minimum Gasteiger partial charge on any atom is -0.474 e. The van der Waals surface area contributed by atoms with Gasteiger partial charge in [-0.25, -0.2) is 4.79 Å². The van der Waals surface area contributed by atoms with Crippen molar-refractivity contribution in [1.29, 1.82) is 0 Å². The number of nitrogens with zero attached hydrogens (tertiary/aromatic N) is 1.